The quantitative estimate of drug-likeness (QED) is 0.408. The van der Waals surface area contributed by atoms with Crippen LogP contribution in [0.1, 0.15) is 31.0 Å². The fourth-order valence-electron chi connectivity index (χ4n) is 2.69. The summed E-state index contributed by atoms with van der Waals surface area (Å²) >= 11 is 3.28. The van der Waals surface area contributed by atoms with E-state index >= 15 is 0 Å². The monoisotopic (exact) mass is 392 g/mol. The summed E-state index contributed by atoms with van der Waals surface area (Å²) in [6, 6.07) is 18.7. The van der Waals surface area contributed by atoms with E-state index in [2.05, 4.69) is 58.7 Å². The normalized spacial score (nSPS) is 11.2. The highest BCUT2D eigenvalue weighted by molar-refractivity contribution is 7.98. The molecule has 2 aromatic heterocycles. The number of thioether (sulfide) groups is 1. The van der Waals surface area contributed by atoms with E-state index in [1.54, 1.807) is 23.1 Å². The molecule has 4 aromatic rings. The molecule has 0 fully saturated rings. The van der Waals surface area contributed by atoms with E-state index in [0.29, 0.717) is 5.92 Å². The van der Waals surface area contributed by atoms with Crippen molar-refractivity contribution in [2.75, 3.05) is 0 Å². The molecule has 0 amide bonds. The second-order valence-corrected chi connectivity index (χ2v) is 8.34. The maximum Gasteiger partial charge on any atom is 0.209 e. The van der Waals surface area contributed by atoms with Crippen molar-refractivity contribution >= 4 is 23.1 Å². The summed E-state index contributed by atoms with van der Waals surface area (Å²) in [5.41, 5.74) is 4.62. The lowest BCUT2D eigenvalue weighted by molar-refractivity contribution is 0.867. The number of aromatic nitrogens is 4. The Bertz CT molecular complexity index is 1000. The van der Waals surface area contributed by atoms with Gasteiger partial charge in [0.25, 0.3) is 0 Å². The number of H-pyrrole nitrogens is 1. The van der Waals surface area contributed by atoms with Crippen LogP contribution in [0.15, 0.2) is 65.1 Å². The highest BCUT2D eigenvalue weighted by Gasteiger charge is 2.09. The van der Waals surface area contributed by atoms with E-state index in [9.17, 15) is 0 Å². The highest BCUT2D eigenvalue weighted by Crippen LogP contribution is 2.28. The van der Waals surface area contributed by atoms with Gasteiger partial charge in [0.1, 0.15) is 5.01 Å². The average Bonchev–Trinajstić information content (AvgIpc) is 3.37. The molecule has 0 saturated carbocycles. The van der Waals surface area contributed by atoms with Crippen LogP contribution in [0.4, 0.5) is 0 Å². The Labute approximate surface area is 167 Å². The fraction of sp³-hybridized carbons (Fsp3) is 0.190. The van der Waals surface area contributed by atoms with Gasteiger partial charge < -0.3 is 0 Å². The summed E-state index contributed by atoms with van der Waals surface area (Å²) in [7, 11) is 0. The first kappa shape index (κ1) is 17.9. The van der Waals surface area contributed by atoms with Crippen molar-refractivity contribution < 1.29 is 0 Å². The van der Waals surface area contributed by atoms with Crippen molar-refractivity contribution in [3.05, 3.63) is 71.2 Å². The van der Waals surface area contributed by atoms with Gasteiger partial charge in [-0.1, -0.05) is 80.2 Å². The maximum absolute atomic E-state index is 4.77. The Morgan fingerprint density at radius 3 is 2.48 bits per heavy atom. The minimum atomic E-state index is 0.546. The second kappa shape index (κ2) is 8.06. The largest absolute Gasteiger partial charge is 0.258 e. The average molecular weight is 393 g/mol. The van der Waals surface area contributed by atoms with Crippen molar-refractivity contribution in [1.82, 2.24) is 20.2 Å². The summed E-state index contributed by atoms with van der Waals surface area (Å²) < 4.78 is 0. The van der Waals surface area contributed by atoms with E-state index in [-0.39, 0.29) is 0 Å². The van der Waals surface area contributed by atoms with Crippen molar-refractivity contribution in [3.8, 4) is 22.0 Å². The van der Waals surface area contributed by atoms with E-state index in [4.69, 9.17) is 4.98 Å². The summed E-state index contributed by atoms with van der Waals surface area (Å²) in [5.74, 6) is 2.10. The van der Waals surface area contributed by atoms with Crippen LogP contribution in [-0.2, 0) is 5.75 Å². The van der Waals surface area contributed by atoms with E-state index in [1.807, 2.05) is 30.3 Å². The summed E-state index contributed by atoms with van der Waals surface area (Å²) in [4.78, 5) is 9.33. The zero-order valence-corrected chi connectivity index (χ0v) is 16.8. The van der Waals surface area contributed by atoms with Gasteiger partial charge >= 0.3 is 0 Å². The minimum absolute atomic E-state index is 0.546. The molecule has 0 saturated heterocycles. The molecule has 27 heavy (non-hydrogen) atoms. The molecular formula is C21H20N4S2. The van der Waals surface area contributed by atoms with Gasteiger partial charge in [-0.2, -0.15) is 0 Å². The Kier molecular flexibility index (Phi) is 5.36. The molecule has 0 aliphatic heterocycles. The summed E-state index contributed by atoms with van der Waals surface area (Å²) in [6.45, 7) is 4.42. The number of hydrogen-bond donors (Lipinski definition) is 1. The number of benzene rings is 2. The molecule has 1 N–H and O–H groups in total. The molecule has 0 aliphatic rings. The second-order valence-electron chi connectivity index (χ2n) is 6.54. The molecule has 0 radical (unpaired) electrons. The summed E-state index contributed by atoms with van der Waals surface area (Å²) in [5, 5.41) is 11.2. The van der Waals surface area contributed by atoms with Crippen LogP contribution in [0.5, 0.6) is 0 Å². The minimum Gasteiger partial charge on any atom is -0.258 e. The van der Waals surface area contributed by atoms with E-state index in [0.717, 1.165) is 33.0 Å². The molecule has 0 spiro atoms. The van der Waals surface area contributed by atoms with Crippen LogP contribution in [0, 0.1) is 0 Å². The lowest BCUT2D eigenvalue weighted by Gasteiger charge is -2.05. The Balaban J connectivity index is 1.41. The number of hydrogen-bond acceptors (Lipinski definition) is 5. The molecule has 0 bridgehead atoms. The lowest BCUT2D eigenvalue weighted by atomic mass is 10.0. The SMILES string of the molecule is CC(C)c1ccc(-c2nc(CSc3n[nH]c(-c4ccccc4)n3)cs2)cc1. The Morgan fingerprint density at radius 1 is 0.963 bits per heavy atom. The van der Waals surface area contributed by atoms with Crippen molar-refractivity contribution in [2.45, 2.75) is 30.7 Å². The van der Waals surface area contributed by atoms with Crippen LogP contribution in [-0.4, -0.2) is 20.2 Å². The Hall–Kier alpha value is -2.44. The smallest absolute Gasteiger partial charge is 0.209 e. The van der Waals surface area contributed by atoms with Crippen molar-refractivity contribution in [2.24, 2.45) is 0 Å². The van der Waals surface area contributed by atoms with Gasteiger partial charge in [0.2, 0.25) is 5.16 Å². The molecule has 0 aliphatic carbocycles. The molecule has 2 heterocycles. The number of nitrogens with one attached hydrogen (secondary N) is 1. The summed E-state index contributed by atoms with van der Waals surface area (Å²) in [6.07, 6.45) is 0. The van der Waals surface area contributed by atoms with Gasteiger partial charge in [0.15, 0.2) is 5.82 Å². The molecule has 136 valence electrons. The van der Waals surface area contributed by atoms with Crippen LogP contribution < -0.4 is 0 Å². The van der Waals surface area contributed by atoms with E-state index < -0.39 is 0 Å². The van der Waals surface area contributed by atoms with Crippen LogP contribution in [0.25, 0.3) is 22.0 Å². The molecular weight excluding hydrogens is 372 g/mol. The van der Waals surface area contributed by atoms with Gasteiger partial charge in [-0.25, -0.2) is 9.97 Å². The van der Waals surface area contributed by atoms with Crippen molar-refractivity contribution in [1.29, 1.82) is 0 Å². The van der Waals surface area contributed by atoms with Crippen LogP contribution in [0.2, 0.25) is 0 Å². The molecule has 6 heteroatoms. The standard InChI is InChI=1S/C21H20N4S2/c1-14(2)15-8-10-17(11-9-15)20-22-18(12-26-20)13-27-21-23-19(24-25-21)16-6-4-3-5-7-16/h3-12,14H,13H2,1-2H3,(H,23,24,25). The topological polar surface area (TPSA) is 54.5 Å². The van der Waals surface area contributed by atoms with Gasteiger partial charge in [-0.3, -0.25) is 5.10 Å². The number of thiazole rings is 1. The van der Waals surface area contributed by atoms with Gasteiger partial charge in [0, 0.05) is 22.3 Å². The fourth-order valence-corrected chi connectivity index (χ4v) is 4.31. The zero-order chi connectivity index (χ0) is 18.6. The molecule has 4 nitrogen and oxygen atoms in total. The third-order valence-corrected chi connectivity index (χ3v) is 6.06. The van der Waals surface area contributed by atoms with Gasteiger partial charge in [-0.15, -0.1) is 16.4 Å². The first-order valence-electron chi connectivity index (χ1n) is 8.84. The number of rotatable bonds is 6. The maximum atomic E-state index is 4.77. The first-order valence-corrected chi connectivity index (χ1v) is 10.7. The zero-order valence-electron chi connectivity index (χ0n) is 15.2. The van der Waals surface area contributed by atoms with Gasteiger partial charge in [0.05, 0.1) is 5.69 Å². The predicted molar refractivity (Wildman–Crippen MR) is 113 cm³/mol. The molecule has 2 aromatic carbocycles. The van der Waals surface area contributed by atoms with Crippen molar-refractivity contribution in [3.63, 3.8) is 0 Å². The van der Waals surface area contributed by atoms with Crippen LogP contribution >= 0.6 is 23.1 Å². The van der Waals surface area contributed by atoms with Gasteiger partial charge in [-0.05, 0) is 11.5 Å². The lowest BCUT2D eigenvalue weighted by Crippen LogP contribution is -1.87. The first-order chi connectivity index (χ1) is 13.2. The third kappa shape index (κ3) is 4.28. The molecule has 4 rings (SSSR count). The molecule has 0 unspecified atom stereocenters. The third-order valence-electron chi connectivity index (χ3n) is 4.24. The van der Waals surface area contributed by atoms with Crippen LogP contribution in [0.3, 0.4) is 0 Å². The number of aromatic amines is 1. The number of nitrogens with zero attached hydrogens (tertiary/aromatic N) is 3. The predicted octanol–water partition coefficient (Wildman–Crippen LogP) is 6.01. The molecule has 0 atom stereocenters. The Morgan fingerprint density at radius 2 is 1.74 bits per heavy atom. The highest BCUT2D eigenvalue weighted by atomic mass is 32.2. The van der Waals surface area contributed by atoms with E-state index in [1.165, 1.54) is 11.1 Å².